The lowest BCUT2D eigenvalue weighted by Gasteiger charge is -2.15. The van der Waals surface area contributed by atoms with Crippen LogP contribution in [0.25, 0.3) is 93.6 Å². The lowest BCUT2D eigenvalue weighted by Crippen LogP contribution is -1.99. The van der Waals surface area contributed by atoms with Gasteiger partial charge in [0, 0.05) is 43.6 Å². The Hall–Kier alpha value is -6.84. The SMILES string of the molecule is [2H]c1c([2H])c([2H])c2c(c1[2H])c1c(-n3c4c([2H])c([2H])c([2H])c([2H])c4c4c([2H])c([2H])c(-n5c6c([2H])c([2H])c([2H])c([2H])c6c6c([2H])c([2H])c([2H])c([2H])c65)c([2H])c43)c([2H])c([2H])c([2H])c1n2-c1ccccc1-c1ccccc1. The van der Waals surface area contributed by atoms with Crippen molar-refractivity contribution in [3.05, 3.63) is 188 Å². The summed E-state index contributed by atoms with van der Waals surface area (Å²) < 4.78 is 205. The van der Waals surface area contributed by atoms with Gasteiger partial charge < -0.3 is 13.7 Å². The molecule has 0 amide bonds. The van der Waals surface area contributed by atoms with Crippen LogP contribution in [-0.4, -0.2) is 13.7 Å². The summed E-state index contributed by atoms with van der Waals surface area (Å²) in [7, 11) is 0. The predicted molar refractivity (Wildman–Crippen MR) is 215 cm³/mol. The average molecular weight is 672 g/mol. The molecule has 0 N–H and O–H groups in total. The van der Waals surface area contributed by atoms with Gasteiger partial charge in [0.05, 0.1) is 74.6 Å². The van der Waals surface area contributed by atoms with Crippen molar-refractivity contribution in [2.45, 2.75) is 0 Å². The first-order chi connectivity index (χ1) is 34.5. The monoisotopic (exact) mass is 671 g/mol. The molecule has 0 fully saturated rings. The molecule has 238 valence electrons. The Balaban J connectivity index is 1.46. The zero-order valence-electron chi connectivity index (χ0n) is 48.0. The summed E-state index contributed by atoms with van der Waals surface area (Å²) in [4.78, 5) is 0. The fourth-order valence-corrected chi connectivity index (χ4v) is 6.98. The summed E-state index contributed by atoms with van der Waals surface area (Å²) in [5.74, 6) is 0. The smallest absolute Gasteiger partial charge is 0.0667 e. The highest BCUT2D eigenvalue weighted by molar-refractivity contribution is 6.17. The van der Waals surface area contributed by atoms with Crippen LogP contribution in [0, 0.1) is 0 Å². The second-order valence-electron chi connectivity index (χ2n) is 11.7. The van der Waals surface area contributed by atoms with Gasteiger partial charge in [-0.25, -0.2) is 0 Å². The van der Waals surface area contributed by atoms with Crippen molar-refractivity contribution in [3.63, 3.8) is 0 Å². The van der Waals surface area contributed by atoms with Crippen LogP contribution in [0.15, 0.2) is 188 Å². The van der Waals surface area contributed by atoms with Crippen molar-refractivity contribution >= 4 is 65.4 Å². The molecule has 0 saturated carbocycles. The summed E-state index contributed by atoms with van der Waals surface area (Å²) in [6.45, 7) is 0. The lowest BCUT2D eigenvalue weighted by atomic mass is 10.0. The van der Waals surface area contributed by atoms with E-state index in [-0.39, 0.29) is 27.5 Å². The Kier molecular flexibility index (Phi) is 3.01. The summed E-state index contributed by atoms with van der Waals surface area (Å²) >= 11 is 0. The van der Waals surface area contributed by atoms with Crippen molar-refractivity contribution in [1.82, 2.24) is 13.7 Å². The number of aromatic nitrogens is 3. The normalized spacial score (nSPS) is 18.0. The topological polar surface area (TPSA) is 14.8 Å². The molecule has 0 saturated heterocycles. The highest BCUT2D eigenvalue weighted by atomic mass is 15.0. The van der Waals surface area contributed by atoms with Gasteiger partial charge in [-0.1, -0.05) is 133 Å². The Labute approximate surface area is 325 Å². The van der Waals surface area contributed by atoms with Crippen LogP contribution in [0.5, 0.6) is 0 Å². The quantitative estimate of drug-likeness (QED) is 0.177. The zero-order chi connectivity index (χ0) is 52.6. The Morgan fingerprint density at radius 2 is 0.863 bits per heavy atom. The van der Waals surface area contributed by atoms with E-state index in [1.165, 1.54) is 4.57 Å². The Bertz CT molecular complexity index is 4320. The van der Waals surface area contributed by atoms with Gasteiger partial charge in [-0.05, 0) is 60.0 Å². The third kappa shape index (κ3) is 4.00. The number of para-hydroxylation sites is 5. The van der Waals surface area contributed by atoms with Crippen LogP contribution in [0.1, 0.15) is 30.2 Å². The van der Waals surface area contributed by atoms with Gasteiger partial charge in [-0.3, -0.25) is 0 Å². The summed E-state index contributed by atoms with van der Waals surface area (Å²) in [5.41, 5.74) is -2.49. The van der Waals surface area contributed by atoms with Gasteiger partial charge in [-0.2, -0.15) is 0 Å². The third-order valence-electron chi connectivity index (χ3n) is 9.05. The van der Waals surface area contributed by atoms with Crippen LogP contribution in [0.2, 0.25) is 0 Å². The number of benzene rings is 8. The molecule has 0 aliphatic heterocycles. The van der Waals surface area contributed by atoms with Crippen LogP contribution < -0.4 is 0 Å². The lowest BCUT2D eigenvalue weighted by molar-refractivity contribution is 1.16. The fourth-order valence-electron chi connectivity index (χ4n) is 6.98. The fraction of sp³-hybridized carbons (Fsp3) is 0. The maximum atomic E-state index is 10.2. The minimum atomic E-state index is -0.898. The number of fused-ring (bicyclic) bond motifs is 9. The van der Waals surface area contributed by atoms with Crippen LogP contribution in [-0.2, 0) is 0 Å². The summed E-state index contributed by atoms with van der Waals surface area (Å²) in [6, 6.07) is -1.46. The molecular formula is C48H31N3. The molecule has 11 aromatic rings. The molecule has 3 nitrogen and oxygen atoms in total. The first-order valence-corrected chi connectivity index (χ1v) is 15.8. The van der Waals surface area contributed by atoms with Gasteiger partial charge in [0.1, 0.15) is 0 Å². The minimum Gasteiger partial charge on any atom is -0.309 e. The molecule has 0 spiro atoms. The number of nitrogens with zero attached hydrogens (tertiary/aromatic N) is 3. The Morgan fingerprint density at radius 3 is 1.55 bits per heavy atom. The van der Waals surface area contributed by atoms with Gasteiger partial charge in [-0.15, -0.1) is 0 Å². The van der Waals surface area contributed by atoms with E-state index in [0.717, 1.165) is 9.13 Å². The molecule has 0 aliphatic carbocycles. The molecule has 0 aliphatic rings. The molecule has 8 aromatic carbocycles. The number of rotatable bonds is 4. The van der Waals surface area contributed by atoms with E-state index in [2.05, 4.69) is 0 Å². The second-order valence-corrected chi connectivity index (χ2v) is 11.7. The second kappa shape index (κ2) is 10.8. The van der Waals surface area contributed by atoms with E-state index in [1.807, 2.05) is 0 Å². The van der Waals surface area contributed by atoms with Gasteiger partial charge >= 0.3 is 0 Å². The Morgan fingerprint density at radius 1 is 0.353 bits per heavy atom. The average Bonchev–Trinajstić information content (AvgIpc) is 4.05. The van der Waals surface area contributed by atoms with Gasteiger partial charge in [0.2, 0.25) is 0 Å². The first kappa shape index (κ1) is 14.2. The van der Waals surface area contributed by atoms with Crippen molar-refractivity contribution in [2.24, 2.45) is 0 Å². The largest absolute Gasteiger partial charge is 0.309 e. The molecule has 51 heavy (non-hydrogen) atoms. The molecular weight excluding hydrogens is 619 g/mol. The molecule has 0 unspecified atom stereocenters. The molecule has 3 aromatic heterocycles. The molecule has 3 heteroatoms. The van der Waals surface area contributed by atoms with Gasteiger partial charge in [0.15, 0.2) is 0 Å². The van der Waals surface area contributed by atoms with Crippen molar-refractivity contribution in [1.29, 1.82) is 0 Å². The van der Waals surface area contributed by atoms with Crippen LogP contribution in [0.4, 0.5) is 0 Å². The highest BCUT2D eigenvalue weighted by Gasteiger charge is 2.21. The van der Waals surface area contributed by atoms with Crippen molar-refractivity contribution < 1.29 is 30.2 Å². The molecule has 3 heterocycles. The molecule has 11 rings (SSSR count). The molecule has 0 radical (unpaired) electrons. The highest BCUT2D eigenvalue weighted by Crippen LogP contribution is 2.42. The number of hydrogen-bond donors (Lipinski definition) is 0. The van der Waals surface area contributed by atoms with Crippen LogP contribution >= 0.6 is 0 Å². The van der Waals surface area contributed by atoms with E-state index >= 15 is 0 Å². The number of hydrogen-bond acceptors (Lipinski definition) is 0. The van der Waals surface area contributed by atoms with Gasteiger partial charge in [0.25, 0.3) is 0 Å². The zero-order valence-corrected chi connectivity index (χ0v) is 26.0. The first-order valence-electron chi connectivity index (χ1n) is 26.8. The predicted octanol–water partition coefficient (Wildman–Crippen LogP) is 12.6. The van der Waals surface area contributed by atoms with Crippen molar-refractivity contribution in [3.8, 4) is 28.2 Å². The van der Waals surface area contributed by atoms with Crippen LogP contribution in [0.3, 0.4) is 0 Å². The van der Waals surface area contributed by atoms with E-state index in [4.69, 9.17) is 16.4 Å². The minimum absolute atomic E-state index is 0.221. The van der Waals surface area contributed by atoms with Crippen molar-refractivity contribution in [2.75, 3.05) is 0 Å². The summed E-state index contributed by atoms with van der Waals surface area (Å²) in [6.07, 6.45) is 0. The third-order valence-corrected chi connectivity index (χ3v) is 9.05. The van der Waals surface area contributed by atoms with E-state index in [9.17, 15) is 13.7 Å². The maximum Gasteiger partial charge on any atom is 0.0667 e. The summed E-state index contributed by atoms with van der Waals surface area (Å²) in [5, 5.41) is -2.41. The molecule has 0 atom stereocenters. The van der Waals surface area contributed by atoms with E-state index in [1.54, 1.807) is 54.6 Å². The standard InChI is InChI=1S/C48H31N3/c1-2-15-32(16-3-1)34-17-4-9-22-40(34)50-44-26-13-8-21-39(44)48-45(50)27-14-28-46(48)51-43-25-12-7-20-37(43)38-30-29-33(31-47(38)51)49-41-23-10-5-18-35(41)36-19-6-11-24-42(36)49/h1-31H/i5D,6D,7D,8D,10D,11D,12D,13D,14D,18D,19D,20D,21D,23D,24D,25D,26D,27D,28D,29D,30D,31D. The van der Waals surface area contributed by atoms with E-state index < -0.39 is 188 Å². The maximum absolute atomic E-state index is 10.2. The van der Waals surface area contributed by atoms with E-state index in [0.29, 0.717) is 11.1 Å². The molecule has 0 bridgehead atoms.